The Hall–Kier alpha value is -2.77. The van der Waals surface area contributed by atoms with Crippen molar-refractivity contribution in [3.63, 3.8) is 0 Å². The summed E-state index contributed by atoms with van der Waals surface area (Å²) in [4.78, 5) is 15.1. The average molecular weight is 587 g/mol. The summed E-state index contributed by atoms with van der Waals surface area (Å²) in [7, 11) is 0.396. The zero-order chi connectivity index (χ0) is 28.9. The first kappa shape index (κ1) is 30.2. The third-order valence-electron chi connectivity index (χ3n) is 6.73. The molecule has 12 heteroatoms. The average Bonchev–Trinajstić information content (AvgIpc) is 3.29. The number of sulfonamides is 1. The van der Waals surface area contributed by atoms with Gasteiger partial charge in [-0.1, -0.05) is 49.0 Å². The van der Waals surface area contributed by atoms with Gasteiger partial charge < -0.3 is 14.6 Å². The maximum absolute atomic E-state index is 13.1. The van der Waals surface area contributed by atoms with E-state index >= 15 is 0 Å². The van der Waals surface area contributed by atoms with Crippen LogP contribution in [0.15, 0.2) is 64.6 Å². The monoisotopic (exact) mass is 586 g/mol. The lowest BCUT2D eigenvalue weighted by Gasteiger charge is -2.34. The van der Waals surface area contributed by atoms with Crippen molar-refractivity contribution in [2.75, 3.05) is 38.3 Å². The van der Waals surface area contributed by atoms with E-state index in [1.807, 2.05) is 46.1 Å². The molecule has 1 aliphatic rings. The second kappa shape index (κ2) is 13.3. The van der Waals surface area contributed by atoms with Crippen molar-refractivity contribution < 1.29 is 17.9 Å². The Kier molecular flexibility index (Phi) is 10.0. The molecule has 1 N–H and O–H groups in total. The van der Waals surface area contributed by atoms with E-state index in [2.05, 4.69) is 44.0 Å². The van der Waals surface area contributed by atoms with Gasteiger partial charge in [-0.15, -0.1) is 10.2 Å². The van der Waals surface area contributed by atoms with Crippen LogP contribution in [0, 0.1) is 0 Å². The topological polar surface area (TPSA) is 110 Å². The lowest BCUT2D eigenvalue weighted by molar-refractivity contribution is -0.113. The van der Waals surface area contributed by atoms with Crippen molar-refractivity contribution in [3.05, 3.63) is 66.0 Å². The lowest BCUT2D eigenvalue weighted by Crippen LogP contribution is -2.48. The highest BCUT2D eigenvalue weighted by atomic mass is 32.2. The fourth-order valence-electron chi connectivity index (χ4n) is 4.86. The number of aromatic nitrogens is 3. The SMILES string of the molecule is CC[C@@H](c1nnc(SCC(=O)Nc2ccc(S(=O)(=O)N3C[C@H](C)O[C@@H](C)C3)cc2)n1Cc1ccccc1)N(C)C. The fraction of sp³-hybridized carbons (Fsp3) is 0.464. The smallest absolute Gasteiger partial charge is 0.243 e. The molecule has 1 fully saturated rings. The molecule has 4 rings (SSSR count). The molecule has 1 aromatic heterocycles. The van der Waals surface area contributed by atoms with Crippen LogP contribution >= 0.6 is 11.8 Å². The van der Waals surface area contributed by atoms with Gasteiger partial charge in [0.05, 0.1) is 35.4 Å². The molecule has 3 atom stereocenters. The number of amides is 1. The van der Waals surface area contributed by atoms with Gasteiger partial charge in [-0.05, 0) is 64.2 Å². The first-order chi connectivity index (χ1) is 19.1. The van der Waals surface area contributed by atoms with E-state index in [9.17, 15) is 13.2 Å². The van der Waals surface area contributed by atoms with Gasteiger partial charge in [0, 0.05) is 18.8 Å². The van der Waals surface area contributed by atoms with Gasteiger partial charge in [-0.25, -0.2) is 8.42 Å². The van der Waals surface area contributed by atoms with Crippen LogP contribution in [0.3, 0.4) is 0 Å². The summed E-state index contributed by atoms with van der Waals surface area (Å²) in [5, 5.41) is 12.5. The minimum atomic E-state index is -3.65. The number of anilines is 1. The highest BCUT2D eigenvalue weighted by Gasteiger charge is 2.32. The Morgan fingerprint density at radius 3 is 2.33 bits per heavy atom. The van der Waals surface area contributed by atoms with Crippen molar-refractivity contribution in [2.45, 2.75) is 62.0 Å². The fourth-order valence-corrected chi connectivity index (χ4v) is 7.20. The third-order valence-corrected chi connectivity index (χ3v) is 9.54. The molecule has 0 radical (unpaired) electrons. The first-order valence-corrected chi connectivity index (χ1v) is 15.8. The number of rotatable bonds is 11. The highest BCUT2D eigenvalue weighted by molar-refractivity contribution is 7.99. The van der Waals surface area contributed by atoms with Crippen LogP contribution < -0.4 is 5.32 Å². The standard InChI is InChI=1S/C28H38N6O4S2/c1-6-25(32(4)5)27-30-31-28(34(27)18-22-10-8-7-9-11-22)39-19-26(35)29-23-12-14-24(15-13-23)40(36,37)33-16-20(2)38-21(3)17-33/h7-15,20-21,25H,6,16-19H2,1-5H3,(H,29,35)/t20-,21-,25-/m0/s1. The van der Waals surface area contributed by atoms with E-state index in [4.69, 9.17) is 4.74 Å². The summed E-state index contributed by atoms with van der Waals surface area (Å²) in [6.45, 7) is 7.08. The number of thioether (sulfide) groups is 1. The number of carbonyl (C=O) groups is 1. The molecule has 0 saturated carbocycles. The Bertz CT molecular complexity index is 1370. The van der Waals surface area contributed by atoms with Crippen LogP contribution in [0.4, 0.5) is 5.69 Å². The van der Waals surface area contributed by atoms with E-state index in [-0.39, 0.29) is 34.8 Å². The molecule has 2 aromatic carbocycles. The molecule has 1 saturated heterocycles. The van der Waals surface area contributed by atoms with Gasteiger partial charge in [0.25, 0.3) is 0 Å². The Balaban J connectivity index is 1.42. The molecule has 216 valence electrons. The molecule has 3 aromatic rings. The van der Waals surface area contributed by atoms with Crippen LogP contribution in [-0.4, -0.2) is 83.4 Å². The largest absolute Gasteiger partial charge is 0.373 e. The van der Waals surface area contributed by atoms with Gasteiger partial charge in [-0.2, -0.15) is 4.31 Å². The van der Waals surface area contributed by atoms with E-state index in [0.717, 1.165) is 17.8 Å². The Morgan fingerprint density at radius 2 is 1.73 bits per heavy atom. The minimum absolute atomic E-state index is 0.0954. The number of morpholine rings is 1. The van der Waals surface area contributed by atoms with E-state index in [0.29, 0.717) is 30.5 Å². The molecule has 10 nitrogen and oxygen atoms in total. The summed E-state index contributed by atoms with van der Waals surface area (Å²) >= 11 is 1.33. The summed E-state index contributed by atoms with van der Waals surface area (Å²) in [6.07, 6.45) is 0.542. The quantitative estimate of drug-likeness (QED) is 0.338. The molecular weight excluding hydrogens is 548 g/mol. The number of ether oxygens (including phenoxy) is 1. The summed E-state index contributed by atoms with van der Waals surface area (Å²) in [5.74, 6) is 0.780. The molecule has 0 unspecified atom stereocenters. The normalized spacial score (nSPS) is 19.1. The van der Waals surface area contributed by atoms with Crippen LogP contribution in [0.1, 0.15) is 44.6 Å². The molecule has 1 aliphatic heterocycles. The van der Waals surface area contributed by atoms with Crippen molar-refractivity contribution in [1.82, 2.24) is 24.0 Å². The van der Waals surface area contributed by atoms with E-state index < -0.39 is 10.0 Å². The van der Waals surface area contributed by atoms with Gasteiger partial charge in [0.15, 0.2) is 11.0 Å². The van der Waals surface area contributed by atoms with Crippen molar-refractivity contribution in [1.29, 1.82) is 0 Å². The maximum atomic E-state index is 13.1. The minimum Gasteiger partial charge on any atom is -0.373 e. The van der Waals surface area contributed by atoms with Crippen LogP contribution in [-0.2, 0) is 26.1 Å². The molecule has 40 heavy (non-hydrogen) atoms. The van der Waals surface area contributed by atoms with Crippen LogP contribution in [0.2, 0.25) is 0 Å². The summed E-state index contributed by atoms with van der Waals surface area (Å²) < 4.78 is 35.4. The van der Waals surface area contributed by atoms with E-state index in [1.165, 1.54) is 28.2 Å². The second-order valence-electron chi connectivity index (χ2n) is 10.2. The predicted octanol–water partition coefficient (Wildman–Crippen LogP) is 3.87. The van der Waals surface area contributed by atoms with Gasteiger partial charge >= 0.3 is 0 Å². The number of nitrogens with one attached hydrogen (secondary N) is 1. The predicted molar refractivity (Wildman–Crippen MR) is 157 cm³/mol. The third kappa shape index (κ3) is 7.29. The Labute approximate surface area is 241 Å². The Morgan fingerprint density at radius 1 is 1.07 bits per heavy atom. The molecular formula is C28H38N6O4S2. The number of nitrogens with zero attached hydrogens (tertiary/aromatic N) is 5. The van der Waals surface area contributed by atoms with E-state index in [1.54, 1.807) is 12.1 Å². The number of benzene rings is 2. The number of carbonyl (C=O) groups excluding carboxylic acids is 1. The molecule has 0 aliphatic carbocycles. The van der Waals surface area contributed by atoms with Gasteiger partial charge in [0.2, 0.25) is 15.9 Å². The maximum Gasteiger partial charge on any atom is 0.243 e. The van der Waals surface area contributed by atoms with Gasteiger partial charge in [0.1, 0.15) is 0 Å². The molecule has 2 heterocycles. The van der Waals surface area contributed by atoms with Gasteiger partial charge in [-0.3, -0.25) is 9.69 Å². The first-order valence-electron chi connectivity index (χ1n) is 13.4. The number of hydrogen-bond acceptors (Lipinski definition) is 8. The van der Waals surface area contributed by atoms with Crippen molar-refractivity contribution in [2.24, 2.45) is 0 Å². The molecule has 0 bridgehead atoms. The summed E-state index contributed by atoms with van der Waals surface area (Å²) in [5.41, 5.74) is 1.65. The molecule has 0 spiro atoms. The number of hydrogen-bond donors (Lipinski definition) is 1. The highest BCUT2D eigenvalue weighted by Crippen LogP contribution is 2.27. The summed E-state index contributed by atoms with van der Waals surface area (Å²) in [6, 6.07) is 16.5. The van der Waals surface area contributed by atoms with Crippen molar-refractivity contribution in [3.8, 4) is 0 Å². The second-order valence-corrected chi connectivity index (χ2v) is 13.1. The van der Waals surface area contributed by atoms with Crippen LogP contribution in [0.5, 0.6) is 0 Å². The molecule has 1 amide bonds. The zero-order valence-corrected chi connectivity index (χ0v) is 25.3. The lowest BCUT2D eigenvalue weighted by atomic mass is 10.2. The zero-order valence-electron chi connectivity index (χ0n) is 23.6. The van der Waals surface area contributed by atoms with Crippen LogP contribution in [0.25, 0.3) is 0 Å². The van der Waals surface area contributed by atoms with Crippen molar-refractivity contribution >= 4 is 33.4 Å².